The smallest absolute Gasteiger partial charge is 0.324 e. The van der Waals surface area contributed by atoms with Gasteiger partial charge in [0.05, 0.1) is 5.56 Å². The number of rotatable bonds is 10. The van der Waals surface area contributed by atoms with Crippen LogP contribution in [0, 0.1) is 5.92 Å². The van der Waals surface area contributed by atoms with Crippen molar-refractivity contribution in [3.05, 3.63) is 60.0 Å². The summed E-state index contributed by atoms with van der Waals surface area (Å²) in [6.07, 6.45) is 9.25. The predicted molar refractivity (Wildman–Crippen MR) is 149 cm³/mol. The van der Waals surface area contributed by atoms with Gasteiger partial charge in [-0.1, -0.05) is 29.5 Å². The molecule has 0 radical (unpaired) electrons. The van der Waals surface area contributed by atoms with Crippen LogP contribution < -0.4 is 15.5 Å². The van der Waals surface area contributed by atoms with Crippen molar-refractivity contribution in [2.45, 2.75) is 58.0 Å². The zero-order chi connectivity index (χ0) is 29.7. The van der Waals surface area contributed by atoms with Gasteiger partial charge >= 0.3 is 11.9 Å². The SMILES string of the molecule is C=C/C(C)=C\C=C(\F)C[C@H]1CN(c2ncc(C(=O)N(CC)C3CCN(c4nc(C(C)(F)F)no4)CC3)cn2)C[C@@H]1N. The van der Waals surface area contributed by atoms with Crippen molar-refractivity contribution in [3.8, 4) is 0 Å². The van der Waals surface area contributed by atoms with Crippen LogP contribution in [0.25, 0.3) is 0 Å². The molecule has 0 aromatic carbocycles. The largest absolute Gasteiger partial charge is 0.339 e. The number of carbonyl (C=O) groups excluding carboxylic acids is 1. The molecule has 13 heteroatoms. The van der Waals surface area contributed by atoms with E-state index in [1.165, 1.54) is 18.5 Å². The van der Waals surface area contributed by atoms with Gasteiger partial charge in [-0.25, -0.2) is 14.4 Å². The fraction of sp³-hybridized carbons (Fsp3) is 0.536. The number of nitrogens with zero attached hydrogens (tertiary/aromatic N) is 7. The molecule has 10 nitrogen and oxygen atoms in total. The van der Waals surface area contributed by atoms with Gasteiger partial charge in [-0.15, -0.1) is 0 Å². The summed E-state index contributed by atoms with van der Waals surface area (Å²) in [5, 5.41) is 3.38. The number of alkyl halides is 2. The molecule has 4 heterocycles. The molecule has 2 aromatic rings. The van der Waals surface area contributed by atoms with E-state index >= 15 is 0 Å². The first-order chi connectivity index (χ1) is 19.5. The Labute approximate surface area is 237 Å². The van der Waals surface area contributed by atoms with Crippen molar-refractivity contribution in [2.24, 2.45) is 11.7 Å². The topological polar surface area (TPSA) is 118 Å². The zero-order valence-electron chi connectivity index (χ0n) is 23.6. The molecule has 41 heavy (non-hydrogen) atoms. The fourth-order valence-corrected chi connectivity index (χ4v) is 5.10. The van der Waals surface area contributed by atoms with Crippen LogP contribution in [0.5, 0.6) is 0 Å². The number of amides is 1. The minimum atomic E-state index is -3.18. The molecule has 0 saturated carbocycles. The summed E-state index contributed by atoms with van der Waals surface area (Å²) < 4.78 is 46.4. The second-order valence-corrected chi connectivity index (χ2v) is 10.6. The van der Waals surface area contributed by atoms with Crippen LogP contribution >= 0.6 is 0 Å². The van der Waals surface area contributed by atoms with Crippen LogP contribution in [0.4, 0.5) is 25.1 Å². The summed E-state index contributed by atoms with van der Waals surface area (Å²) in [6, 6.07) is -0.230. The summed E-state index contributed by atoms with van der Waals surface area (Å²) in [5.41, 5.74) is 7.53. The number of hydrogen-bond donors (Lipinski definition) is 1. The highest BCUT2D eigenvalue weighted by atomic mass is 19.3. The summed E-state index contributed by atoms with van der Waals surface area (Å²) in [6.45, 7) is 10.6. The van der Waals surface area contributed by atoms with Crippen molar-refractivity contribution >= 4 is 17.9 Å². The molecule has 1 amide bonds. The first kappa shape index (κ1) is 30.2. The van der Waals surface area contributed by atoms with Gasteiger partial charge in [0.15, 0.2) is 0 Å². The lowest BCUT2D eigenvalue weighted by atomic mass is 9.99. The highest BCUT2D eigenvalue weighted by Crippen LogP contribution is 2.29. The Hall–Kier alpha value is -3.74. The molecular weight excluding hydrogens is 537 g/mol. The van der Waals surface area contributed by atoms with Crippen LogP contribution in [-0.4, -0.2) is 75.7 Å². The Bertz CT molecular complexity index is 1270. The van der Waals surface area contributed by atoms with Crippen LogP contribution in [0.1, 0.15) is 56.2 Å². The van der Waals surface area contributed by atoms with Crippen molar-refractivity contribution in [1.82, 2.24) is 25.0 Å². The molecule has 0 aliphatic carbocycles. The van der Waals surface area contributed by atoms with Gasteiger partial charge < -0.3 is 25.0 Å². The molecule has 2 N–H and O–H groups in total. The van der Waals surface area contributed by atoms with E-state index in [4.69, 9.17) is 10.3 Å². The maximum atomic E-state index is 14.4. The third-order valence-corrected chi connectivity index (χ3v) is 7.55. The second-order valence-electron chi connectivity index (χ2n) is 10.6. The third kappa shape index (κ3) is 7.32. The first-order valence-electron chi connectivity index (χ1n) is 13.8. The molecule has 2 fully saturated rings. The number of anilines is 2. The predicted octanol–water partition coefficient (Wildman–Crippen LogP) is 4.24. The van der Waals surface area contributed by atoms with E-state index in [0.717, 1.165) is 12.5 Å². The number of hydrogen-bond acceptors (Lipinski definition) is 9. The molecule has 2 saturated heterocycles. The third-order valence-electron chi connectivity index (χ3n) is 7.55. The molecular formula is C28H37F3N8O2. The van der Waals surface area contributed by atoms with Gasteiger partial charge in [0.1, 0.15) is 5.83 Å². The standard InChI is InChI=1S/C28H37F3N8O2/c1-5-18(3)7-8-21(29)13-19-16-38(17-23(19)32)26-33-14-20(15-34-26)24(40)39(6-2)22-9-11-37(12-10-22)27-35-25(36-41-27)28(4,30)31/h5,7-8,14-15,19,22-23H,1,6,9-13,16-17,32H2,2-4H3/b18-7-,21-8+/t19-,23-/m0/s1. The van der Waals surface area contributed by atoms with Crippen LogP contribution in [-0.2, 0) is 5.92 Å². The highest BCUT2D eigenvalue weighted by Gasteiger charge is 2.35. The second kappa shape index (κ2) is 12.8. The Morgan fingerprint density at radius 2 is 1.90 bits per heavy atom. The Morgan fingerprint density at radius 3 is 2.49 bits per heavy atom. The number of nitrogens with two attached hydrogens (primary N) is 1. The van der Waals surface area contributed by atoms with Crippen LogP contribution in [0.2, 0.25) is 0 Å². The maximum Gasteiger partial charge on any atom is 0.324 e. The van der Waals surface area contributed by atoms with E-state index in [2.05, 4.69) is 26.7 Å². The Kier molecular flexibility index (Phi) is 9.46. The summed E-state index contributed by atoms with van der Waals surface area (Å²) in [4.78, 5) is 31.4. The average Bonchev–Trinajstić information content (AvgIpc) is 3.60. The van der Waals surface area contributed by atoms with E-state index in [0.29, 0.717) is 57.1 Å². The number of aromatic nitrogens is 4. The molecule has 2 atom stereocenters. The lowest BCUT2D eigenvalue weighted by Crippen LogP contribution is -2.47. The van der Waals surface area contributed by atoms with Gasteiger partial charge in [-0.3, -0.25) is 4.79 Å². The van der Waals surface area contributed by atoms with Crippen molar-refractivity contribution in [3.63, 3.8) is 0 Å². The van der Waals surface area contributed by atoms with E-state index < -0.39 is 11.7 Å². The van der Waals surface area contributed by atoms with Gasteiger partial charge in [0.25, 0.3) is 5.91 Å². The molecule has 4 rings (SSSR count). The van der Waals surface area contributed by atoms with Gasteiger partial charge in [-0.2, -0.15) is 13.8 Å². The van der Waals surface area contributed by atoms with E-state index in [-0.39, 0.29) is 42.2 Å². The normalized spacial score (nSPS) is 21.0. The molecule has 0 spiro atoms. The summed E-state index contributed by atoms with van der Waals surface area (Å²) in [7, 11) is 0. The minimum absolute atomic E-state index is 0.0520. The molecule has 2 aliphatic heterocycles. The molecule has 222 valence electrons. The molecule has 0 bridgehead atoms. The van der Waals surface area contributed by atoms with Gasteiger partial charge in [0, 0.05) is 70.5 Å². The Morgan fingerprint density at radius 1 is 1.22 bits per heavy atom. The number of carbonyl (C=O) groups is 1. The number of allylic oxidation sites excluding steroid dienone is 5. The number of piperidine rings is 1. The van der Waals surface area contributed by atoms with Crippen molar-refractivity contribution in [2.75, 3.05) is 42.5 Å². The van der Waals surface area contributed by atoms with Crippen LogP contribution in [0.15, 0.2) is 53.1 Å². The molecule has 0 unspecified atom stereocenters. The summed E-state index contributed by atoms with van der Waals surface area (Å²) >= 11 is 0. The monoisotopic (exact) mass is 574 g/mol. The van der Waals surface area contributed by atoms with Crippen molar-refractivity contribution in [1.29, 1.82) is 0 Å². The minimum Gasteiger partial charge on any atom is -0.339 e. The lowest BCUT2D eigenvalue weighted by Gasteiger charge is -2.37. The van der Waals surface area contributed by atoms with Crippen LogP contribution in [0.3, 0.4) is 0 Å². The maximum absolute atomic E-state index is 14.4. The fourth-order valence-electron chi connectivity index (χ4n) is 5.10. The quantitative estimate of drug-likeness (QED) is 0.416. The average molecular weight is 575 g/mol. The van der Waals surface area contributed by atoms with E-state index in [9.17, 15) is 18.0 Å². The Balaban J connectivity index is 1.33. The van der Waals surface area contributed by atoms with Crippen molar-refractivity contribution < 1.29 is 22.5 Å². The van der Waals surface area contributed by atoms with E-state index in [1.54, 1.807) is 22.0 Å². The van der Waals surface area contributed by atoms with Gasteiger partial charge in [-0.05, 0) is 38.7 Å². The van der Waals surface area contributed by atoms with Gasteiger partial charge in [0.2, 0.25) is 11.8 Å². The highest BCUT2D eigenvalue weighted by molar-refractivity contribution is 5.94. The first-order valence-corrected chi connectivity index (χ1v) is 13.8. The zero-order valence-corrected chi connectivity index (χ0v) is 23.6. The molecule has 2 aliphatic rings. The summed E-state index contributed by atoms with van der Waals surface area (Å²) in [5.74, 6) is -3.90. The lowest BCUT2D eigenvalue weighted by molar-refractivity contribution is 0.00558. The number of halogens is 3. The van der Waals surface area contributed by atoms with E-state index in [1.807, 2.05) is 18.7 Å². The molecule has 2 aromatic heterocycles.